The minimum Gasteiger partial charge on any atom is -0.480 e. The highest BCUT2D eigenvalue weighted by atomic mass is 32.2. The number of nitrogens with zero attached hydrogens (tertiary/aromatic N) is 1. The molecular weight excluding hydrogens is 230 g/mol. The lowest BCUT2D eigenvalue weighted by Crippen LogP contribution is -2.41. The van der Waals surface area contributed by atoms with Gasteiger partial charge in [0, 0.05) is 6.54 Å². The molecule has 0 aromatic carbocycles. The van der Waals surface area contributed by atoms with E-state index < -0.39 is 22.0 Å². The Morgan fingerprint density at radius 3 is 2.69 bits per heavy atom. The number of unbranched alkanes of at least 4 members (excludes halogenated alkanes) is 2. The number of rotatable bonds is 6. The van der Waals surface area contributed by atoms with E-state index in [4.69, 9.17) is 5.11 Å². The minimum atomic E-state index is -3.37. The van der Waals surface area contributed by atoms with Gasteiger partial charge < -0.3 is 5.11 Å². The number of hydrogen-bond donors (Lipinski definition) is 1. The van der Waals surface area contributed by atoms with Gasteiger partial charge in [-0.15, -0.1) is 0 Å². The van der Waals surface area contributed by atoms with Crippen molar-refractivity contribution in [2.24, 2.45) is 0 Å². The number of carboxylic acids is 1. The molecule has 0 radical (unpaired) electrons. The Balaban J connectivity index is 2.63. The summed E-state index contributed by atoms with van der Waals surface area (Å²) < 4.78 is 24.9. The van der Waals surface area contributed by atoms with Gasteiger partial charge in [0.05, 0.1) is 5.75 Å². The predicted octanol–water partition coefficient (Wildman–Crippen LogP) is 1.06. The third kappa shape index (κ3) is 3.18. The monoisotopic (exact) mass is 249 g/mol. The van der Waals surface area contributed by atoms with Crippen molar-refractivity contribution in [2.75, 3.05) is 12.3 Å². The molecule has 1 aliphatic heterocycles. The molecule has 94 valence electrons. The van der Waals surface area contributed by atoms with Gasteiger partial charge in [-0.25, -0.2) is 8.42 Å². The first-order chi connectivity index (χ1) is 7.49. The highest BCUT2D eigenvalue weighted by Gasteiger charge is 2.37. The van der Waals surface area contributed by atoms with Gasteiger partial charge >= 0.3 is 5.97 Å². The van der Waals surface area contributed by atoms with E-state index in [0.717, 1.165) is 17.1 Å². The molecule has 1 aliphatic rings. The number of hydrogen-bond acceptors (Lipinski definition) is 3. The molecule has 1 saturated heterocycles. The van der Waals surface area contributed by atoms with Crippen molar-refractivity contribution in [1.29, 1.82) is 0 Å². The molecule has 1 heterocycles. The molecule has 0 aliphatic carbocycles. The molecule has 1 atom stereocenters. The third-order valence-electron chi connectivity index (χ3n) is 2.85. The van der Waals surface area contributed by atoms with Crippen LogP contribution >= 0.6 is 0 Å². The van der Waals surface area contributed by atoms with Crippen LogP contribution in [0.3, 0.4) is 0 Å². The molecule has 16 heavy (non-hydrogen) atoms. The van der Waals surface area contributed by atoms with Crippen molar-refractivity contribution in [2.45, 2.75) is 45.1 Å². The Morgan fingerprint density at radius 1 is 1.44 bits per heavy atom. The summed E-state index contributed by atoms with van der Waals surface area (Å²) in [5, 5.41) is 8.91. The Morgan fingerprint density at radius 2 is 2.12 bits per heavy atom. The summed E-state index contributed by atoms with van der Waals surface area (Å²) in [6.07, 6.45) is 3.51. The Hall–Kier alpha value is -0.620. The van der Waals surface area contributed by atoms with Gasteiger partial charge in [-0.05, 0) is 19.3 Å². The largest absolute Gasteiger partial charge is 0.480 e. The zero-order valence-electron chi connectivity index (χ0n) is 9.55. The van der Waals surface area contributed by atoms with Crippen molar-refractivity contribution in [1.82, 2.24) is 4.31 Å². The lowest BCUT2D eigenvalue weighted by atomic mass is 10.2. The zero-order valence-corrected chi connectivity index (χ0v) is 10.4. The van der Waals surface area contributed by atoms with Crippen molar-refractivity contribution in [3.63, 3.8) is 0 Å². The predicted molar refractivity (Wildman–Crippen MR) is 60.7 cm³/mol. The fourth-order valence-corrected chi connectivity index (χ4v) is 3.77. The van der Waals surface area contributed by atoms with Crippen LogP contribution in [0.1, 0.15) is 39.0 Å². The molecule has 0 amide bonds. The van der Waals surface area contributed by atoms with Crippen LogP contribution in [0, 0.1) is 0 Å². The molecule has 5 nitrogen and oxygen atoms in total. The Kier molecular flexibility index (Phi) is 4.73. The standard InChI is InChI=1S/C10H19NO4S/c1-2-3-4-8-16(14,15)11-7-5-6-9(11)10(12)13/h9H,2-8H2,1H3,(H,12,13). The highest BCUT2D eigenvalue weighted by molar-refractivity contribution is 7.89. The summed E-state index contributed by atoms with van der Waals surface area (Å²) in [7, 11) is -3.37. The van der Waals surface area contributed by atoms with Crippen LogP contribution in [0.15, 0.2) is 0 Å². The first-order valence-electron chi connectivity index (χ1n) is 5.71. The summed E-state index contributed by atoms with van der Waals surface area (Å²) in [5.74, 6) is -0.957. The maximum atomic E-state index is 11.9. The molecule has 1 N–H and O–H groups in total. The maximum absolute atomic E-state index is 11.9. The van der Waals surface area contributed by atoms with Crippen LogP contribution in [0.4, 0.5) is 0 Å². The van der Waals surface area contributed by atoms with Gasteiger partial charge in [-0.1, -0.05) is 19.8 Å². The van der Waals surface area contributed by atoms with Gasteiger partial charge in [0.25, 0.3) is 0 Å². The Bertz CT molecular complexity index is 339. The van der Waals surface area contributed by atoms with Crippen molar-refractivity contribution in [3.05, 3.63) is 0 Å². The SMILES string of the molecule is CCCCCS(=O)(=O)N1CCCC1C(=O)O. The van der Waals surface area contributed by atoms with E-state index in [1.54, 1.807) is 0 Å². The molecule has 0 saturated carbocycles. The fraction of sp³-hybridized carbons (Fsp3) is 0.900. The normalized spacial score (nSPS) is 22.4. The summed E-state index contributed by atoms with van der Waals surface area (Å²) in [4.78, 5) is 10.9. The maximum Gasteiger partial charge on any atom is 0.322 e. The lowest BCUT2D eigenvalue weighted by Gasteiger charge is -2.20. The molecule has 1 rings (SSSR count). The topological polar surface area (TPSA) is 74.7 Å². The highest BCUT2D eigenvalue weighted by Crippen LogP contribution is 2.22. The van der Waals surface area contributed by atoms with E-state index in [1.807, 2.05) is 6.92 Å². The average Bonchev–Trinajstić information content (AvgIpc) is 2.66. The van der Waals surface area contributed by atoms with E-state index in [1.165, 1.54) is 0 Å². The van der Waals surface area contributed by atoms with Gasteiger partial charge in [-0.2, -0.15) is 4.31 Å². The number of aliphatic carboxylic acids is 1. The van der Waals surface area contributed by atoms with Crippen LogP contribution in [-0.2, 0) is 14.8 Å². The summed E-state index contributed by atoms with van der Waals surface area (Å²) in [5.41, 5.74) is 0. The summed E-state index contributed by atoms with van der Waals surface area (Å²) in [6.45, 7) is 2.36. The number of sulfonamides is 1. The molecule has 0 aromatic heterocycles. The van der Waals surface area contributed by atoms with Crippen LogP contribution in [0.25, 0.3) is 0 Å². The molecule has 0 bridgehead atoms. The van der Waals surface area contributed by atoms with E-state index in [0.29, 0.717) is 25.8 Å². The second kappa shape index (κ2) is 5.63. The molecule has 0 aromatic rings. The van der Waals surface area contributed by atoms with E-state index >= 15 is 0 Å². The van der Waals surface area contributed by atoms with Crippen molar-refractivity contribution in [3.8, 4) is 0 Å². The summed E-state index contributed by atoms with van der Waals surface area (Å²) in [6, 6.07) is -0.841. The van der Waals surface area contributed by atoms with Crippen LogP contribution < -0.4 is 0 Å². The first-order valence-corrected chi connectivity index (χ1v) is 7.32. The van der Waals surface area contributed by atoms with Crippen LogP contribution in [-0.4, -0.2) is 42.1 Å². The molecule has 6 heteroatoms. The first kappa shape index (κ1) is 13.4. The van der Waals surface area contributed by atoms with E-state index in [2.05, 4.69) is 0 Å². The Labute approximate surface area is 96.5 Å². The van der Waals surface area contributed by atoms with Gasteiger partial charge in [0.1, 0.15) is 6.04 Å². The second-order valence-corrected chi connectivity index (χ2v) is 6.17. The van der Waals surface area contributed by atoms with Gasteiger partial charge in [0.15, 0.2) is 0 Å². The fourth-order valence-electron chi connectivity index (χ4n) is 1.97. The molecule has 1 unspecified atom stereocenters. The summed E-state index contributed by atoms with van der Waals surface area (Å²) >= 11 is 0. The lowest BCUT2D eigenvalue weighted by molar-refractivity contribution is -0.140. The molecule has 0 spiro atoms. The average molecular weight is 249 g/mol. The zero-order chi connectivity index (χ0) is 12.2. The van der Waals surface area contributed by atoms with Crippen molar-refractivity contribution < 1.29 is 18.3 Å². The molecule has 1 fully saturated rings. The number of carboxylic acid groups (broad SMARTS) is 1. The smallest absolute Gasteiger partial charge is 0.322 e. The van der Waals surface area contributed by atoms with E-state index in [-0.39, 0.29) is 5.75 Å². The van der Waals surface area contributed by atoms with Gasteiger partial charge in [-0.3, -0.25) is 4.79 Å². The van der Waals surface area contributed by atoms with Crippen LogP contribution in [0.2, 0.25) is 0 Å². The van der Waals surface area contributed by atoms with Gasteiger partial charge in [0.2, 0.25) is 10.0 Å². The minimum absolute atomic E-state index is 0.0740. The van der Waals surface area contributed by atoms with Crippen LogP contribution in [0.5, 0.6) is 0 Å². The quantitative estimate of drug-likeness (QED) is 0.714. The van der Waals surface area contributed by atoms with E-state index in [9.17, 15) is 13.2 Å². The van der Waals surface area contributed by atoms with Crippen molar-refractivity contribution >= 4 is 16.0 Å². The second-order valence-electron chi connectivity index (χ2n) is 4.13. The molecular formula is C10H19NO4S. The number of carbonyl (C=O) groups is 1. The third-order valence-corrected chi connectivity index (χ3v) is 4.81.